The van der Waals surface area contributed by atoms with Crippen molar-refractivity contribution in [1.29, 1.82) is 5.41 Å². The van der Waals surface area contributed by atoms with Crippen molar-refractivity contribution in [2.45, 2.75) is 13.5 Å². The molecule has 0 spiro atoms. The third-order valence-corrected chi connectivity index (χ3v) is 3.81. The molecule has 0 bridgehead atoms. The Labute approximate surface area is 145 Å². The predicted octanol–water partition coefficient (Wildman–Crippen LogP) is 2.83. The van der Waals surface area contributed by atoms with Gasteiger partial charge in [0.05, 0.1) is 18.4 Å². The molecular weight excluding hydrogens is 314 g/mol. The topological polar surface area (TPSA) is 96.8 Å². The summed E-state index contributed by atoms with van der Waals surface area (Å²) in [5, 5.41) is 14.9. The van der Waals surface area contributed by atoms with Crippen molar-refractivity contribution in [3.63, 3.8) is 0 Å². The Hall–Kier alpha value is -3.41. The van der Waals surface area contributed by atoms with Gasteiger partial charge in [0.25, 0.3) is 5.91 Å². The van der Waals surface area contributed by atoms with Crippen LogP contribution in [0.2, 0.25) is 0 Å². The smallest absolute Gasteiger partial charge is 0.274 e. The fraction of sp³-hybridized carbons (Fsp3) is 0.105. The summed E-state index contributed by atoms with van der Waals surface area (Å²) in [7, 11) is 0. The van der Waals surface area contributed by atoms with Gasteiger partial charge in [-0.1, -0.05) is 48.0 Å². The molecule has 1 amide bonds. The minimum absolute atomic E-state index is 0.176. The van der Waals surface area contributed by atoms with Crippen LogP contribution in [0.1, 0.15) is 16.7 Å². The van der Waals surface area contributed by atoms with Crippen LogP contribution in [-0.2, 0) is 11.3 Å². The van der Waals surface area contributed by atoms with Crippen molar-refractivity contribution in [3.05, 3.63) is 77.6 Å². The Bertz CT molecular complexity index is 912. The monoisotopic (exact) mass is 333 g/mol. The van der Waals surface area contributed by atoms with E-state index in [9.17, 15) is 4.79 Å². The molecule has 1 aromatic heterocycles. The zero-order chi connectivity index (χ0) is 17.8. The molecule has 0 aliphatic heterocycles. The first-order valence-electron chi connectivity index (χ1n) is 7.86. The number of aromatic nitrogens is 2. The van der Waals surface area contributed by atoms with E-state index in [-0.39, 0.29) is 5.71 Å². The number of rotatable bonds is 5. The summed E-state index contributed by atoms with van der Waals surface area (Å²) in [6, 6.07) is 15.0. The van der Waals surface area contributed by atoms with Gasteiger partial charge in [-0.2, -0.15) is 5.10 Å². The number of nitrogens with zero attached hydrogens (tertiary/aromatic N) is 2. The van der Waals surface area contributed by atoms with Crippen LogP contribution in [0.5, 0.6) is 0 Å². The average Bonchev–Trinajstić information content (AvgIpc) is 3.03. The quantitative estimate of drug-likeness (QED) is 0.495. The number of nitrogen functional groups attached to an aromatic ring is 1. The molecule has 6 nitrogen and oxygen atoms in total. The number of hydrogen-bond acceptors (Lipinski definition) is 4. The van der Waals surface area contributed by atoms with Gasteiger partial charge in [0, 0.05) is 17.4 Å². The van der Waals surface area contributed by atoms with Gasteiger partial charge in [-0.05, 0) is 18.6 Å². The Morgan fingerprint density at radius 2 is 1.92 bits per heavy atom. The summed E-state index contributed by atoms with van der Waals surface area (Å²) in [6.07, 6.45) is 3.30. The summed E-state index contributed by atoms with van der Waals surface area (Å²) in [4.78, 5) is 12.2. The summed E-state index contributed by atoms with van der Waals surface area (Å²) < 4.78 is 1.74. The molecule has 2 aromatic carbocycles. The van der Waals surface area contributed by atoms with Crippen molar-refractivity contribution >= 4 is 23.0 Å². The van der Waals surface area contributed by atoms with Gasteiger partial charge in [-0.3, -0.25) is 14.9 Å². The third kappa shape index (κ3) is 3.92. The second kappa shape index (κ2) is 7.00. The molecule has 0 unspecified atom stereocenters. The first-order valence-corrected chi connectivity index (χ1v) is 7.86. The second-order valence-electron chi connectivity index (χ2n) is 5.83. The second-order valence-corrected chi connectivity index (χ2v) is 5.83. The third-order valence-electron chi connectivity index (χ3n) is 3.81. The largest absolute Gasteiger partial charge is 0.398 e. The van der Waals surface area contributed by atoms with Crippen LogP contribution in [0, 0.1) is 12.3 Å². The Morgan fingerprint density at radius 3 is 2.64 bits per heavy atom. The van der Waals surface area contributed by atoms with Gasteiger partial charge in [0.15, 0.2) is 0 Å². The molecule has 0 atom stereocenters. The lowest BCUT2D eigenvalue weighted by Crippen LogP contribution is -2.23. The highest BCUT2D eigenvalue weighted by Gasteiger charge is 2.15. The first-order chi connectivity index (χ1) is 12.0. The molecule has 6 heteroatoms. The van der Waals surface area contributed by atoms with E-state index in [0.717, 1.165) is 5.56 Å². The molecule has 3 aromatic rings. The number of carbonyl (C=O) groups is 1. The van der Waals surface area contributed by atoms with Crippen LogP contribution in [0.15, 0.2) is 60.9 Å². The van der Waals surface area contributed by atoms with Crippen LogP contribution in [0.25, 0.3) is 0 Å². The van der Waals surface area contributed by atoms with Crippen LogP contribution in [-0.4, -0.2) is 21.4 Å². The highest BCUT2D eigenvalue weighted by molar-refractivity contribution is 6.48. The maximum Gasteiger partial charge on any atom is 0.274 e. The lowest BCUT2D eigenvalue weighted by atomic mass is 10.1. The van der Waals surface area contributed by atoms with Crippen molar-refractivity contribution < 1.29 is 4.79 Å². The molecule has 4 N–H and O–H groups in total. The summed E-state index contributed by atoms with van der Waals surface area (Å²) in [6.45, 7) is 2.65. The zero-order valence-corrected chi connectivity index (χ0v) is 13.9. The van der Waals surface area contributed by atoms with Crippen molar-refractivity contribution in [1.82, 2.24) is 9.78 Å². The van der Waals surface area contributed by atoms with E-state index in [1.54, 1.807) is 41.3 Å². The van der Waals surface area contributed by atoms with Crippen LogP contribution in [0.3, 0.4) is 0 Å². The number of nitrogens with two attached hydrogens (primary N) is 1. The van der Waals surface area contributed by atoms with Crippen molar-refractivity contribution in [3.8, 4) is 0 Å². The van der Waals surface area contributed by atoms with Crippen molar-refractivity contribution in [2.24, 2.45) is 0 Å². The molecule has 0 fully saturated rings. The number of nitrogens with one attached hydrogen (secondary N) is 2. The molecule has 3 rings (SSSR count). The predicted molar refractivity (Wildman–Crippen MR) is 98.8 cm³/mol. The molecule has 0 saturated heterocycles. The minimum Gasteiger partial charge on any atom is -0.398 e. The Kier molecular flexibility index (Phi) is 4.61. The highest BCUT2D eigenvalue weighted by Crippen LogP contribution is 2.13. The van der Waals surface area contributed by atoms with Gasteiger partial charge >= 0.3 is 0 Å². The lowest BCUT2D eigenvalue weighted by Gasteiger charge is -2.07. The Morgan fingerprint density at radius 1 is 1.20 bits per heavy atom. The molecule has 0 aliphatic carbocycles. The van der Waals surface area contributed by atoms with E-state index in [1.165, 1.54) is 5.56 Å². The van der Waals surface area contributed by atoms with Crippen molar-refractivity contribution in [2.75, 3.05) is 11.1 Å². The first kappa shape index (κ1) is 16.4. The van der Waals surface area contributed by atoms with Gasteiger partial charge in [0.1, 0.15) is 5.71 Å². The van der Waals surface area contributed by atoms with Gasteiger partial charge in [-0.15, -0.1) is 0 Å². The number of hydrogen-bond donors (Lipinski definition) is 3. The summed E-state index contributed by atoms with van der Waals surface area (Å²) in [5.74, 6) is -0.521. The zero-order valence-electron chi connectivity index (χ0n) is 13.9. The Balaban J connectivity index is 1.66. The molecular formula is C19H19N5O. The molecule has 1 heterocycles. The van der Waals surface area contributed by atoms with E-state index < -0.39 is 5.91 Å². The summed E-state index contributed by atoms with van der Waals surface area (Å²) in [5.41, 5.74) is 9.31. The fourth-order valence-corrected chi connectivity index (χ4v) is 2.44. The molecule has 0 radical (unpaired) electrons. The number of aryl methyl sites for hydroxylation is 1. The van der Waals surface area contributed by atoms with Crippen LogP contribution in [0.4, 0.5) is 11.4 Å². The number of amides is 1. The number of anilines is 2. The number of benzene rings is 2. The van der Waals surface area contributed by atoms with Gasteiger partial charge < -0.3 is 11.1 Å². The van der Waals surface area contributed by atoms with Gasteiger partial charge in [0.2, 0.25) is 0 Å². The average molecular weight is 333 g/mol. The molecule has 0 aliphatic rings. The SMILES string of the molecule is Cc1ccc(Cn2cc(NC(=O)C(=N)c3ccccc3N)cn2)cc1. The van der Waals surface area contributed by atoms with E-state index in [2.05, 4.69) is 10.4 Å². The maximum atomic E-state index is 12.2. The van der Waals surface area contributed by atoms with E-state index in [0.29, 0.717) is 23.5 Å². The standard InChI is InChI=1S/C19H19N5O/c1-13-6-8-14(9-7-13)11-24-12-15(10-22-24)23-19(25)18(21)16-4-2-3-5-17(16)20/h2-10,12,21H,11,20H2,1H3,(H,23,25). The lowest BCUT2D eigenvalue weighted by molar-refractivity contribution is -0.110. The van der Waals surface area contributed by atoms with Gasteiger partial charge in [-0.25, -0.2) is 0 Å². The van der Waals surface area contributed by atoms with E-state index in [1.807, 2.05) is 31.2 Å². The number of carbonyl (C=O) groups excluding carboxylic acids is 1. The van der Waals surface area contributed by atoms with Crippen LogP contribution >= 0.6 is 0 Å². The van der Waals surface area contributed by atoms with E-state index in [4.69, 9.17) is 11.1 Å². The normalized spacial score (nSPS) is 10.4. The molecule has 25 heavy (non-hydrogen) atoms. The molecule has 0 saturated carbocycles. The maximum absolute atomic E-state index is 12.2. The van der Waals surface area contributed by atoms with E-state index >= 15 is 0 Å². The minimum atomic E-state index is -0.521. The summed E-state index contributed by atoms with van der Waals surface area (Å²) >= 11 is 0. The number of para-hydroxylation sites is 1. The van der Waals surface area contributed by atoms with Crippen LogP contribution < -0.4 is 11.1 Å². The highest BCUT2D eigenvalue weighted by atomic mass is 16.1. The molecule has 126 valence electrons. The fourth-order valence-electron chi connectivity index (χ4n) is 2.44.